The van der Waals surface area contributed by atoms with Crippen LogP contribution >= 0.6 is 22.7 Å². The van der Waals surface area contributed by atoms with Crippen LogP contribution in [-0.4, -0.2) is 22.0 Å². The molecule has 0 fully saturated rings. The van der Waals surface area contributed by atoms with E-state index in [9.17, 15) is 9.59 Å². The summed E-state index contributed by atoms with van der Waals surface area (Å²) in [6.07, 6.45) is 0.186. The SMILES string of the molecule is O=C(Cc1ccc(NC(=O)c2cc3ccccc3o2)cc1)Nc1nnc(-c2ccsc2)s1. The normalized spacial score (nSPS) is 10.9. The van der Waals surface area contributed by atoms with Crippen molar-refractivity contribution in [2.75, 3.05) is 10.6 Å². The molecule has 0 bridgehead atoms. The van der Waals surface area contributed by atoms with Gasteiger partial charge in [0.05, 0.1) is 6.42 Å². The first-order valence-electron chi connectivity index (χ1n) is 9.69. The van der Waals surface area contributed by atoms with Crippen LogP contribution in [0.15, 0.2) is 75.8 Å². The van der Waals surface area contributed by atoms with Crippen molar-refractivity contribution in [3.63, 3.8) is 0 Å². The van der Waals surface area contributed by atoms with Crippen LogP contribution in [0.4, 0.5) is 10.8 Å². The molecule has 0 unspecified atom stereocenters. The van der Waals surface area contributed by atoms with E-state index in [1.807, 2.05) is 41.1 Å². The quantitative estimate of drug-likeness (QED) is 0.351. The Morgan fingerprint density at radius 1 is 0.969 bits per heavy atom. The zero-order chi connectivity index (χ0) is 21.9. The zero-order valence-corrected chi connectivity index (χ0v) is 18.2. The number of anilines is 2. The van der Waals surface area contributed by atoms with Crippen LogP contribution in [0.25, 0.3) is 21.5 Å². The van der Waals surface area contributed by atoms with Crippen molar-refractivity contribution < 1.29 is 14.0 Å². The summed E-state index contributed by atoms with van der Waals surface area (Å²) in [6, 6.07) is 18.2. The lowest BCUT2D eigenvalue weighted by molar-refractivity contribution is -0.115. The minimum atomic E-state index is -0.329. The van der Waals surface area contributed by atoms with E-state index >= 15 is 0 Å². The van der Waals surface area contributed by atoms with E-state index in [4.69, 9.17) is 4.42 Å². The lowest BCUT2D eigenvalue weighted by atomic mass is 10.1. The summed E-state index contributed by atoms with van der Waals surface area (Å²) in [5.41, 5.74) is 3.08. The molecule has 0 aliphatic carbocycles. The number of nitrogens with zero attached hydrogens (tertiary/aromatic N) is 2. The molecule has 32 heavy (non-hydrogen) atoms. The van der Waals surface area contributed by atoms with E-state index in [0.29, 0.717) is 16.4 Å². The number of aromatic nitrogens is 2. The molecule has 5 rings (SSSR count). The zero-order valence-electron chi connectivity index (χ0n) is 16.6. The molecule has 0 aliphatic rings. The Kier molecular flexibility index (Phi) is 5.49. The van der Waals surface area contributed by atoms with E-state index in [2.05, 4.69) is 20.8 Å². The van der Waals surface area contributed by atoms with Gasteiger partial charge in [-0.25, -0.2) is 0 Å². The molecule has 0 atom stereocenters. The van der Waals surface area contributed by atoms with Gasteiger partial charge >= 0.3 is 0 Å². The maximum Gasteiger partial charge on any atom is 0.291 e. The summed E-state index contributed by atoms with van der Waals surface area (Å²) >= 11 is 2.92. The Morgan fingerprint density at radius 3 is 2.59 bits per heavy atom. The van der Waals surface area contributed by atoms with Crippen molar-refractivity contribution in [2.45, 2.75) is 6.42 Å². The number of thiophene rings is 1. The number of amides is 2. The first-order valence-corrected chi connectivity index (χ1v) is 11.4. The monoisotopic (exact) mass is 460 g/mol. The highest BCUT2D eigenvalue weighted by molar-refractivity contribution is 7.19. The largest absolute Gasteiger partial charge is 0.451 e. The number of carbonyl (C=O) groups excluding carboxylic acids is 2. The Bertz CT molecular complexity index is 1360. The van der Waals surface area contributed by atoms with Gasteiger partial charge in [0.25, 0.3) is 5.91 Å². The molecule has 0 spiro atoms. The van der Waals surface area contributed by atoms with Crippen LogP contribution in [0.2, 0.25) is 0 Å². The number of para-hydroxylation sites is 1. The van der Waals surface area contributed by atoms with Gasteiger partial charge in [0.2, 0.25) is 11.0 Å². The predicted molar refractivity (Wildman–Crippen MR) is 126 cm³/mol. The number of hydrogen-bond donors (Lipinski definition) is 2. The Hall–Kier alpha value is -3.82. The van der Waals surface area contributed by atoms with Crippen molar-refractivity contribution in [3.05, 3.63) is 82.7 Å². The predicted octanol–water partition coefficient (Wildman–Crippen LogP) is 5.45. The van der Waals surface area contributed by atoms with Crippen molar-refractivity contribution >= 4 is 56.3 Å². The third kappa shape index (κ3) is 4.43. The van der Waals surface area contributed by atoms with Crippen LogP contribution in [0.3, 0.4) is 0 Å². The van der Waals surface area contributed by atoms with Crippen LogP contribution < -0.4 is 10.6 Å². The Labute approximate surface area is 190 Å². The average Bonchev–Trinajstić information content (AvgIpc) is 3.55. The van der Waals surface area contributed by atoms with Gasteiger partial charge in [0.1, 0.15) is 10.6 Å². The number of fused-ring (bicyclic) bond motifs is 1. The minimum absolute atomic E-state index is 0.183. The fourth-order valence-corrected chi connectivity index (χ4v) is 4.59. The fraction of sp³-hybridized carbons (Fsp3) is 0.0435. The van der Waals surface area contributed by atoms with Crippen molar-refractivity contribution in [1.29, 1.82) is 0 Å². The molecule has 3 heterocycles. The molecular weight excluding hydrogens is 444 g/mol. The highest BCUT2D eigenvalue weighted by Crippen LogP contribution is 2.28. The standard InChI is InChI=1S/C23H16N4O3S2/c28-20(25-23-27-26-22(32-23)16-9-10-31-13-16)11-14-5-7-17(8-6-14)24-21(29)19-12-15-3-1-2-4-18(15)30-19/h1-10,12-13H,11H2,(H,24,29)(H,25,27,28). The maximum absolute atomic E-state index is 12.5. The van der Waals surface area contributed by atoms with Gasteiger partial charge in [-0.05, 0) is 41.3 Å². The molecule has 9 heteroatoms. The molecule has 2 amide bonds. The molecule has 0 saturated heterocycles. The number of carbonyl (C=O) groups is 2. The van der Waals surface area contributed by atoms with Gasteiger partial charge in [0, 0.05) is 22.0 Å². The van der Waals surface area contributed by atoms with Crippen molar-refractivity contribution in [3.8, 4) is 10.6 Å². The van der Waals surface area contributed by atoms with E-state index in [0.717, 1.165) is 21.5 Å². The lowest BCUT2D eigenvalue weighted by Crippen LogP contribution is -2.14. The minimum Gasteiger partial charge on any atom is -0.451 e. The van der Waals surface area contributed by atoms with Gasteiger partial charge < -0.3 is 15.1 Å². The molecule has 3 aromatic heterocycles. The first-order chi connectivity index (χ1) is 15.6. The summed E-state index contributed by atoms with van der Waals surface area (Å²) in [5.74, 6) is -0.269. The average molecular weight is 461 g/mol. The second-order valence-corrected chi connectivity index (χ2v) is 8.71. The summed E-state index contributed by atoms with van der Waals surface area (Å²) in [7, 11) is 0. The maximum atomic E-state index is 12.5. The number of nitrogens with one attached hydrogen (secondary N) is 2. The van der Waals surface area contributed by atoms with E-state index in [-0.39, 0.29) is 24.0 Å². The molecule has 0 saturated carbocycles. The van der Waals surface area contributed by atoms with Crippen LogP contribution in [0.5, 0.6) is 0 Å². The van der Waals surface area contributed by atoms with Gasteiger partial charge in [-0.15, -0.1) is 10.2 Å². The van der Waals surface area contributed by atoms with E-state index in [1.165, 1.54) is 11.3 Å². The molecule has 2 aromatic carbocycles. The molecule has 7 nitrogen and oxygen atoms in total. The lowest BCUT2D eigenvalue weighted by Gasteiger charge is -2.05. The number of benzene rings is 2. The summed E-state index contributed by atoms with van der Waals surface area (Å²) in [5, 5.41) is 19.8. The first kappa shape index (κ1) is 20.1. The van der Waals surface area contributed by atoms with Crippen molar-refractivity contribution in [1.82, 2.24) is 10.2 Å². The fourth-order valence-electron chi connectivity index (χ4n) is 3.12. The number of furan rings is 1. The molecule has 5 aromatic rings. The van der Waals surface area contributed by atoms with Gasteiger partial charge in [-0.1, -0.05) is 41.7 Å². The Balaban J connectivity index is 1.18. The van der Waals surface area contributed by atoms with Gasteiger partial charge in [0.15, 0.2) is 5.76 Å². The van der Waals surface area contributed by atoms with Crippen LogP contribution in [0.1, 0.15) is 16.1 Å². The third-order valence-corrected chi connectivity index (χ3v) is 6.24. The van der Waals surface area contributed by atoms with Crippen molar-refractivity contribution in [2.24, 2.45) is 0 Å². The Morgan fingerprint density at radius 2 is 1.81 bits per heavy atom. The van der Waals surface area contributed by atoms with Gasteiger partial charge in [-0.3, -0.25) is 9.59 Å². The number of hydrogen-bond acceptors (Lipinski definition) is 7. The smallest absolute Gasteiger partial charge is 0.291 e. The number of rotatable bonds is 6. The summed E-state index contributed by atoms with van der Waals surface area (Å²) in [6.45, 7) is 0. The second kappa shape index (κ2) is 8.74. The highest BCUT2D eigenvalue weighted by Gasteiger charge is 2.13. The summed E-state index contributed by atoms with van der Waals surface area (Å²) < 4.78 is 5.59. The third-order valence-electron chi connectivity index (χ3n) is 4.67. The highest BCUT2D eigenvalue weighted by atomic mass is 32.1. The van der Waals surface area contributed by atoms with E-state index < -0.39 is 0 Å². The topological polar surface area (TPSA) is 97.1 Å². The van der Waals surface area contributed by atoms with E-state index in [1.54, 1.807) is 41.7 Å². The molecule has 0 aliphatic heterocycles. The van der Waals surface area contributed by atoms with Gasteiger partial charge in [-0.2, -0.15) is 11.3 Å². The molecular formula is C23H16N4O3S2. The van der Waals surface area contributed by atoms with Crippen LogP contribution in [-0.2, 0) is 11.2 Å². The van der Waals surface area contributed by atoms with Crippen LogP contribution in [0, 0.1) is 0 Å². The summed E-state index contributed by atoms with van der Waals surface area (Å²) in [4.78, 5) is 24.8. The molecule has 158 valence electrons. The molecule has 0 radical (unpaired) electrons. The molecule has 2 N–H and O–H groups in total. The second-order valence-electron chi connectivity index (χ2n) is 6.95.